The number of nitrogens with one attached hydrogen (secondary N) is 1. The molecule has 0 aromatic rings. The molecule has 0 heterocycles. The smallest absolute Gasteiger partial charge is 0.237 e. The first-order chi connectivity index (χ1) is 7.04. The van der Waals surface area contributed by atoms with Crippen LogP contribution in [-0.4, -0.2) is 17.5 Å². The third kappa shape index (κ3) is 2.71. The number of carbonyl (C=O) groups is 1. The summed E-state index contributed by atoms with van der Waals surface area (Å²) in [5.74, 6) is 0.296. The molecule has 1 aliphatic carbocycles. The van der Waals surface area contributed by atoms with Crippen molar-refractivity contribution in [1.82, 2.24) is 5.32 Å². The highest BCUT2D eigenvalue weighted by molar-refractivity contribution is 5.82. The Morgan fingerprint density at radius 2 is 2.07 bits per heavy atom. The Balaban J connectivity index is 2.47. The molecule has 88 valence electrons. The molecule has 15 heavy (non-hydrogen) atoms. The zero-order chi connectivity index (χ0) is 11.5. The summed E-state index contributed by atoms with van der Waals surface area (Å²) >= 11 is 0. The van der Waals surface area contributed by atoms with Gasteiger partial charge in [-0.3, -0.25) is 4.79 Å². The molecule has 1 rings (SSSR count). The summed E-state index contributed by atoms with van der Waals surface area (Å²) < 4.78 is 0. The molecule has 0 aliphatic heterocycles. The molecule has 0 spiro atoms. The van der Waals surface area contributed by atoms with E-state index in [2.05, 4.69) is 19.2 Å². The van der Waals surface area contributed by atoms with Crippen molar-refractivity contribution in [2.24, 2.45) is 11.7 Å². The Morgan fingerprint density at radius 1 is 1.47 bits per heavy atom. The van der Waals surface area contributed by atoms with E-state index in [0.29, 0.717) is 0 Å². The SMILES string of the molecule is CCC(C)[C@H](N)C(=O)NC1(CC)CCC1. The van der Waals surface area contributed by atoms with Crippen LogP contribution in [0, 0.1) is 5.92 Å². The zero-order valence-corrected chi connectivity index (χ0v) is 10.2. The van der Waals surface area contributed by atoms with Crippen LogP contribution >= 0.6 is 0 Å². The van der Waals surface area contributed by atoms with Crippen LogP contribution in [0.25, 0.3) is 0 Å². The molecule has 0 bridgehead atoms. The van der Waals surface area contributed by atoms with Gasteiger partial charge in [0.1, 0.15) is 0 Å². The van der Waals surface area contributed by atoms with Crippen molar-refractivity contribution < 1.29 is 4.79 Å². The number of amides is 1. The Hall–Kier alpha value is -0.570. The van der Waals surface area contributed by atoms with Gasteiger partial charge in [-0.05, 0) is 31.6 Å². The van der Waals surface area contributed by atoms with Gasteiger partial charge >= 0.3 is 0 Å². The molecule has 1 amide bonds. The minimum Gasteiger partial charge on any atom is -0.349 e. The summed E-state index contributed by atoms with van der Waals surface area (Å²) in [6.07, 6.45) is 5.43. The standard InChI is InChI=1S/C12H24N2O/c1-4-9(3)10(13)11(15)14-12(5-2)7-6-8-12/h9-10H,4-8,13H2,1-3H3,(H,14,15)/t9?,10-/m0/s1. The number of hydrogen-bond donors (Lipinski definition) is 2. The summed E-state index contributed by atoms with van der Waals surface area (Å²) in [5.41, 5.74) is 5.97. The lowest BCUT2D eigenvalue weighted by Crippen LogP contribution is -2.58. The maximum absolute atomic E-state index is 11.9. The topological polar surface area (TPSA) is 55.1 Å². The quantitative estimate of drug-likeness (QED) is 0.730. The first-order valence-corrected chi connectivity index (χ1v) is 6.12. The molecule has 1 unspecified atom stereocenters. The average molecular weight is 212 g/mol. The molecule has 0 aromatic heterocycles. The normalized spacial score (nSPS) is 22.7. The predicted molar refractivity (Wildman–Crippen MR) is 62.4 cm³/mol. The summed E-state index contributed by atoms with van der Waals surface area (Å²) in [5, 5.41) is 3.13. The number of rotatable bonds is 5. The Kier molecular flexibility index (Phi) is 4.14. The summed E-state index contributed by atoms with van der Waals surface area (Å²) in [6, 6.07) is -0.348. The molecule has 0 radical (unpaired) electrons. The molecule has 3 N–H and O–H groups in total. The van der Waals surface area contributed by atoms with Gasteiger partial charge in [0.15, 0.2) is 0 Å². The summed E-state index contributed by atoms with van der Waals surface area (Å²) in [6.45, 7) is 6.23. The fourth-order valence-corrected chi connectivity index (χ4v) is 2.03. The lowest BCUT2D eigenvalue weighted by molar-refractivity contribution is -0.126. The third-order valence-corrected chi connectivity index (χ3v) is 3.94. The molecule has 3 nitrogen and oxygen atoms in total. The van der Waals surface area contributed by atoms with Gasteiger partial charge in [0.25, 0.3) is 0 Å². The fraction of sp³-hybridized carbons (Fsp3) is 0.917. The van der Waals surface area contributed by atoms with Crippen LogP contribution in [0.15, 0.2) is 0 Å². The van der Waals surface area contributed by atoms with Gasteiger partial charge < -0.3 is 11.1 Å². The van der Waals surface area contributed by atoms with Crippen LogP contribution in [-0.2, 0) is 4.79 Å². The van der Waals surface area contributed by atoms with Crippen molar-refractivity contribution in [2.75, 3.05) is 0 Å². The second-order valence-corrected chi connectivity index (χ2v) is 4.89. The average Bonchev–Trinajstić information content (AvgIpc) is 2.20. The molecule has 2 atom stereocenters. The van der Waals surface area contributed by atoms with Gasteiger partial charge in [-0.1, -0.05) is 27.2 Å². The molecular formula is C12H24N2O. The van der Waals surface area contributed by atoms with Crippen molar-refractivity contribution in [3.63, 3.8) is 0 Å². The molecule has 3 heteroatoms. The van der Waals surface area contributed by atoms with Crippen LogP contribution in [0.1, 0.15) is 52.9 Å². The van der Waals surface area contributed by atoms with Gasteiger partial charge in [0, 0.05) is 5.54 Å². The highest BCUT2D eigenvalue weighted by atomic mass is 16.2. The Bertz CT molecular complexity index is 218. The summed E-state index contributed by atoms with van der Waals surface area (Å²) in [7, 11) is 0. The molecule has 0 aromatic carbocycles. The van der Waals surface area contributed by atoms with Crippen LogP contribution in [0.3, 0.4) is 0 Å². The molecule has 1 fully saturated rings. The molecule has 1 aliphatic rings. The predicted octanol–water partition coefficient (Wildman–Crippen LogP) is 1.81. The van der Waals surface area contributed by atoms with Crippen LogP contribution in [0.5, 0.6) is 0 Å². The van der Waals surface area contributed by atoms with Crippen molar-refractivity contribution in [1.29, 1.82) is 0 Å². The lowest BCUT2D eigenvalue weighted by Gasteiger charge is -2.42. The maximum Gasteiger partial charge on any atom is 0.237 e. The van der Waals surface area contributed by atoms with E-state index in [0.717, 1.165) is 25.7 Å². The van der Waals surface area contributed by atoms with Crippen molar-refractivity contribution >= 4 is 5.91 Å². The van der Waals surface area contributed by atoms with Crippen LogP contribution in [0.2, 0.25) is 0 Å². The van der Waals surface area contributed by atoms with E-state index in [1.807, 2.05) is 6.92 Å². The highest BCUT2D eigenvalue weighted by Crippen LogP contribution is 2.34. The minimum atomic E-state index is -0.348. The van der Waals surface area contributed by atoms with E-state index in [9.17, 15) is 4.79 Å². The van der Waals surface area contributed by atoms with E-state index < -0.39 is 0 Å². The minimum absolute atomic E-state index is 0.0332. The first kappa shape index (κ1) is 12.5. The van der Waals surface area contributed by atoms with Crippen molar-refractivity contribution in [2.45, 2.75) is 64.5 Å². The molecule has 0 saturated heterocycles. The molecule has 1 saturated carbocycles. The van der Waals surface area contributed by atoms with E-state index in [1.54, 1.807) is 0 Å². The van der Waals surface area contributed by atoms with E-state index in [-0.39, 0.29) is 23.4 Å². The van der Waals surface area contributed by atoms with E-state index >= 15 is 0 Å². The number of hydrogen-bond acceptors (Lipinski definition) is 2. The number of nitrogens with two attached hydrogens (primary N) is 1. The van der Waals surface area contributed by atoms with Gasteiger partial charge in [-0.2, -0.15) is 0 Å². The van der Waals surface area contributed by atoms with Crippen LogP contribution in [0.4, 0.5) is 0 Å². The number of carbonyl (C=O) groups excluding carboxylic acids is 1. The van der Waals surface area contributed by atoms with Gasteiger partial charge in [0.05, 0.1) is 6.04 Å². The first-order valence-electron chi connectivity index (χ1n) is 6.12. The van der Waals surface area contributed by atoms with E-state index in [1.165, 1.54) is 6.42 Å². The van der Waals surface area contributed by atoms with Gasteiger partial charge in [-0.15, -0.1) is 0 Å². The molecular weight excluding hydrogens is 188 g/mol. The van der Waals surface area contributed by atoms with Crippen molar-refractivity contribution in [3.05, 3.63) is 0 Å². The zero-order valence-electron chi connectivity index (χ0n) is 10.2. The maximum atomic E-state index is 11.9. The van der Waals surface area contributed by atoms with Crippen LogP contribution < -0.4 is 11.1 Å². The Labute approximate surface area is 92.8 Å². The fourth-order valence-electron chi connectivity index (χ4n) is 2.03. The van der Waals surface area contributed by atoms with Crippen molar-refractivity contribution in [3.8, 4) is 0 Å². The third-order valence-electron chi connectivity index (χ3n) is 3.94. The lowest BCUT2D eigenvalue weighted by atomic mass is 9.74. The highest BCUT2D eigenvalue weighted by Gasteiger charge is 2.37. The van der Waals surface area contributed by atoms with Gasteiger partial charge in [-0.25, -0.2) is 0 Å². The summed E-state index contributed by atoms with van der Waals surface area (Å²) in [4.78, 5) is 11.9. The van der Waals surface area contributed by atoms with Gasteiger partial charge in [0.2, 0.25) is 5.91 Å². The second kappa shape index (κ2) is 4.97. The second-order valence-electron chi connectivity index (χ2n) is 4.89. The van der Waals surface area contributed by atoms with E-state index in [4.69, 9.17) is 5.73 Å². The Morgan fingerprint density at radius 3 is 2.40 bits per heavy atom. The largest absolute Gasteiger partial charge is 0.349 e. The monoisotopic (exact) mass is 212 g/mol.